The van der Waals surface area contributed by atoms with Gasteiger partial charge in [-0.3, -0.25) is 9.00 Å². The van der Waals surface area contributed by atoms with Crippen molar-refractivity contribution >= 4 is 32.5 Å². The van der Waals surface area contributed by atoms with Gasteiger partial charge < -0.3 is 0 Å². The van der Waals surface area contributed by atoms with Gasteiger partial charge >= 0.3 is 0 Å². The number of aryl methyl sites for hydroxylation is 1. The Balaban J connectivity index is 2.08. The summed E-state index contributed by atoms with van der Waals surface area (Å²) in [5.74, 6) is 0.332. The summed E-state index contributed by atoms with van der Waals surface area (Å²) in [4.78, 5) is 12.3. The first-order valence-electron chi connectivity index (χ1n) is 6.70. The second-order valence-electron chi connectivity index (χ2n) is 5.03. The highest BCUT2D eigenvalue weighted by Crippen LogP contribution is 2.16. The lowest BCUT2D eigenvalue weighted by Gasteiger charge is -2.11. The fourth-order valence-electron chi connectivity index (χ4n) is 2.06. The number of Topliss-reactive ketones (excluding diaryl/α,β-unsaturated/α-hetero) is 1. The van der Waals surface area contributed by atoms with Crippen molar-refractivity contribution in [2.45, 2.75) is 24.9 Å². The largest absolute Gasteiger partial charge is 0.293 e. The molecule has 2 aromatic rings. The lowest BCUT2D eigenvalue weighted by Crippen LogP contribution is -2.23. The third-order valence-electron chi connectivity index (χ3n) is 3.28. The Labute approximate surface area is 136 Å². The Kier molecular flexibility index (Phi) is 5.48. The van der Waals surface area contributed by atoms with E-state index in [1.807, 2.05) is 43.3 Å². The van der Waals surface area contributed by atoms with Gasteiger partial charge in [0, 0.05) is 26.6 Å². The third kappa shape index (κ3) is 4.35. The first-order valence-corrected chi connectivity index (χ1v) is 8.87. The lowest BCUT2D eigenvalue weighted by molar-refractivity contribution is 0.0992. The molecule has 0 spiro atoms. The maximum Gasteiger partial charge on any atom is 0.178 e. The van der Waals surface area contributed by atoms with Crippen LogP contribution in [0.5, 0.6) is 0 Å². The SMILES string of the molecule is Cc1cccc(CS(=O)C(C)C(=O)c2ccc(Br)cc2)c1. The molecule has 0 heterocycles. The smallest absolute Gasteiger partial charge is 0.178 e. The van der Waals surface area contributed by atoms with Gasteiger partial charge in [-0.2, -0.15) is 0 Å². The van der Waals surface area contributed by atoms with E-state index >= 15 is 0 Å². The zero-order chi connectivity index (χ0) is 15.4. The van der Waals surface area contributed by atoms with Crippen LogP contribution in [0.4, 0.5) is 0 Å². The number of hydrogen-bond acceptors (Lipinski definition) is 2. The zero-order valence-electron chi connectivity index (χ0n) is 12.0. The standard InChI is InChI=1S/C17H17BrO2S/c1-12-4-3-5-14(10-12)11-21(20)13(2)17(19)15-6-8-16(18)9-7-15/h3-10,13H,11H2,1-2H3. The van der Waals surface area contributed by atoms with Crippen LogP contribution in [0.1, 0.15) is 28.4 Å². The number of ketones is 1. The molecule has 2 nitrogen and oxygen atoms in total. The Morgan fingerprint density at radius 2 is 1.86 bits per heavy atom. The van der Waals surface area contributed by atoms with Crippen LogP contribution in [0.25, 0.3) is 0 Å². The molecule has 0 saturated carbocycles. The normalized spacial score (nSPS) is 13.7. The average Bonchev–Trinajstić information content (AvgIpc) is 2.46. The number of carbonyl (C=O) groups is 1. The van der Waals surface area contributed by atoms with Crippen LogP contribution in [-0.2, 0) is 16.6 Å². The fraction of sp³-hybridized carbons (Fsp3) is 0.235. The molecule has 4 heteroatoms. The van der Waals surface area contributed by atoms with Gasteiger partial charge in [0.05, 0.1) is 5.25 Å². The minimum atomic E-state index is -1.22. The number of halogens is 1. The molecule has 0 amide bonds. The number of benzene rings is 2. The van der Waals surface area contributed by atoms with Gasteiger partial charge in [0.1, 0.15) is 0 Å². The van der Waals surface area contributed by atoms with Crippen molar-refractivity contribution in [2.24, 2.45) is 0 Å². The third-order valence-corrected chi connectivity index (χ3v) is 5.43. The van der Waals surface area contributed by atoms with Crippen molar-refractivity contribution < 1.29 is 9.00 Å². The van der Waals surface area contributed by atoms with E-state index in [2.05, 4.69) is 15.9 Å². The molecule has 2 rings (SSSR count). The molecule has 0 fully saturated rings. The molecule has 0 N–H and O–H groups in total. The van der Waals surface area contributed by atoms with Gasteiger partial charge in [0.15, 0.2) is 5.78 Å². The predicted octanol–water partition coefficient (Wildman–Crippen LogP) is 4.28. The van der Waals surface area contributed by atoms with Crippen LogP contribution in [-0.4, -0.2) is 15.2 Å². The molecule has 2 aromatic carbocycles. The second kappa shape index (κ2) is 7.14. The summed E-state index contributed by atoms with van der Waals surface area (Å²) in [6.45, 7) is 3.74. The molecule has 0 aliphatic rings. The summed E-state index contributed by atoms with van der Waals surface area (Å²) in [7, 11) is -1.22. The minimum absolute atomic E-state index is 0.0755. The summed E-state index contributed by atoms with van der Waals surface area (Å²) in [5.41, 5.74) is 2.74. The molecule has 0 aliphatic heterocycles. The highest BCUT2D eigenvalue weighted by atomic mass is 79.9. The van der Waals surface area contributed by atoms with Crippen LogP contribution in [0.2, 0.25) is 0 Å². The highest BCUT2D eigenvalue weighted by molar-refractivity contribution is 9.10. The van der Waals surface area contributed by atoms with Crippen LogP contribution < -0.4 is 0 Å². The zero-order valence-corrected chi connectivity index (χ0v) is 14.4. The van der Waals surface area contributed by atoms with Gasteiger partial charge in [-0.25, -0.2) is 0 Å². The highest BCUT2D eigenvalue weighted by Gasteiger charge is 2.21. The van der Waals surface area contributed by atoms with Crippen LogP contribution in [0.3, 0.4) is 0 Å². The molecule has 0 aliphatic carbocycles. The summed E-state index contributed by atoms with van der Waals surface area (Å²) >= 11 is 3.34. The fourth-order valence-corrected chi connectivity index (χ4v) is 3.46. The lowest BCUT2D eigenvalue weighted by atomic mass is 10.1. The van der Waals surface area contributed by atoms with E-state index in [-0.39, 0.29) is 5.78 Å². The number of rotatable bonds is 5. The average molecular weight is 365 g/mol. The van der Waals surface area contributed by atoms with E-state index in [0.29, 0.717) is 11.3 Å². The van der Waals surface area contributed by atoms with E-state index in [0.717, 1.165) is 15.6 Å². The summed E-state index contributed by atoms with van der Waals surface area (Å²) in [5, 5.41) is -0.508. The van der Waals surface area contributed by atoms with Crippen molar-refractivity contribution in [3.63, 3.8) is 0 Å². The van der Waals surface area contributed by atoms with Crippen molar-refractivity contribution in [2.75, 3.05) is 0 Å². The van der Waals surface area contributed by atoms with Crippen LogP contribution in [0.15, 0.2) is 53.0 Å². The Morgan fingerprint density at radius 1 is 1.19 bits per heavy atom. The second-order valence-corrected chi connectivity index (χ2v) is 7.70. The van der Waals surface area contributed by atoms with Gasteiger partial charge in [0.2, 0.25) is 0 Å². The van der Waals surface area contributed by atoms with Gasteiger partial charge in [0.25, 0.3) is 0 Å². The first kappa shape index (κ1) is 16.1. The van der Waals surface area contributed by atoms with Crippen molar-refractivity contribution in [1.29, 1.82) is 0 Å². The van der Waals surface area contributed by atoms with Crippen molar-refractivity contribution in [1.82, 2.24) is 0 Å². The molecule has 21 heavy (non-hydrogen) atoms. The molecule has 0 aromatic heterocycles. The first-order chi connectivity index (χ1) is 9.97. The number of hydrogen-bond donors (Lipinski definition) is 0. The maximum atomic E-state index is 12.4. The molecule has 0 saturated heterocycles. The van der Waals surface area contributed by atoms with Gasteiger partial charge in [-0.15, -0.1) is 0 Å². The van der Waals surface area contributed by atoms with E-state index in [9.17, 15) is 9.00 Å². The van der Waals surface area contributed by atoms with E-state index in [1.54, 1.807) is 19.1 Å². The summed E-state index contributed by atoms with van der Waals surface area (Å²) < 4.78 is 13.3. The summed E-state index contributed by atoms with van der Waals surface area (Å²) in [6, 6.07) is 15.1. The van der Waals surface area contributed by atoms with E-state index in [4.69, 9.17) is 0 Å². The summed E-state index contributed by atoms with van der Waals surface area (Å²) in [6.07, 6.45) is 0. The number of carbonyl (C=O) groups excluding carboxylic acids is 1. The van der Waals surface area contributed by atoms with E-state index < -0.39 is 16.0 Å². The van der Waals surface area contributed by atoms with Crippen LogP contribution in [0, 0.1) is 6.92 Å². The molecular formula is C17H17BrO2S. The predicted molar refractivity (Wildman–Crippen MR) is 91.0 cm³/mol. The van der Waals surface area contributed by atoms with Crippen molar-refractivity contribution in [3.05, 3.63) is 69.7 Å². The van der Waals surface area contributed by atoms with Crippen LogP contribution >= 0.6 is 15.9 Å². The Morgan fingerprint density at radius 3 is 2.48 bits per heavy atom. The topological polar surface area (TPSA) is 34.1 Å². The Hall–Kier alpha value is -1.26. The quantitative estimate of drug-likeness (QED) is 0.742. The van der Waals surface area contributed by atoms with Crippen molar-refractivity contribution in [3.8, 4) is 0 Å². The molecule has 0 radical (unpaired) electrons. The van der Waals surface area contributed by atoms with Gasteiger partial charge in [-0.05, 0) is 31.5 Å². The minimum Gasteiger partial charge on any atom is -0.293 e. The van der Waals surface area contributed by atoms with E-state index in [1.165, 1.54) is 0 Å². The molecule has 2 unspecified atom stereocenters. The molecule has 0 bridgehead atoms. The van der Waals surface area contributed by atoms with Gasteiger partial charge in [-0.1, -0.05) is 57.9 Å². The Bertz CT molecular complexity index is 665. The maximum absolute atomic E-state index is 12.4. The molecule has 2 atom stereocenters. The monoisotopic (exact) mass is 364 g/mol. The molecular weight excluding hydrogens is 348 g/mol. The molecule has 110 valence electrons.